The molecule has 2 amide bonds. The lowest BCUT2D eigenvalue weighted by Crippen LogP contribution is -2.42. The number of alkyl halides is 3. The van der Waals surface area contributed by atoms with E-state index in [4.69, 9.17) is 25.1 Å². The van der Waals surface area contributed by atoms with Gasteiger partial charge in [-0.15, -0.1) is 0 Å². The number of aryl methyl sites for hydroxylation is 1. The molecule has 0 unspecified atom stereocenters. The van der Waals surface area contributed by atoms with Crippen molar-refractivity contribution in [3.8, 4) is 11.5 Å². The molecule has 13 heteroatoms. The number of carbonyl (C=O) groups excluding carboxylic acids is 2. The summed E-state index contributed by atoms with van der Waals surface area (Å²) in [5, 5.41) is 13.0. The Hall–Kier alpha value is -4.29. The topological polar surface area (TPSA) is 152 Å². The van der Waals surface area contributed by atoms with Gasteiger partial charge in [0.1, 0.15) is 6.04 Å². The number of fused-ring (bicyclic) bond motifs is 1. The number of nitrogens with two attached hydrogens (primary N) is 1. The predicted molar refractivity (Wildman–Crippen MR) is 157 cm³/mol. The van der Waals surface area contributed by atoms with Crippen molar-refractivity contribution in [2.45, 2.75) is 76.0 Å². The van der Waals surface area contributed by atoms with E-state index in [2.05, 4.69) is 27.8 Å². The molecule has 1 fully saturated rings. The zero-order valence-electron chi connectivity index (χ0n) is 24.8. The number of ether oxygens (including phenoxy) is 2. The summed E-state index contributed by atoms with van der Waals surface area (Å²) in [5.41, 5.74) is 9.35. The third-order valence-corrected chi connectivity index (χ3v) is 7.65. The van der Waals surface area contributed by atoms with Crippen molar-refractivity contribution in [1.82, 2.24) is 10.6 Å². The van der Waals surface area contributed by atoms with Gasteiger partial charge in [0.15, 0.2) is 17.5 Å². The molecule has 10 nitrogen and oxygen atoms in total. The maximum atomic E-state index is 13.4. The first kappa shape index (κ1) is 34.2. The van der Waals surface area contributed by atoms with Crippen LogP contribution in [-0.4, -0.2) is 55.3 Å². The molecule has 0 bridgehead atoms. The molecule has 2 aliphatic carbocycles. The number of benzene rings is 2. The molecule has 0 radical (unpaired) electrons. The highest BCUT2D eigenvalue weighted by Crippen LogP contribution is 2.32. The normalized spacial score (nSPS) is 17.4. The lowest BCUT2D eigenvalue weighted by molar-refractivity contribution is -0.192. The van der Waals surface area contributed by atoms with Gasteiger partial charge in [-0.1, -0.05) is 62.4 Å². The molecule has 2 atom stereocenters. The van der Waals surface area contributed by atoms with Crippen LogP contribution >= 0.6 is 0 Å². The zero-order chi connectivity index (χ0) is 32.3. The highest BCUT2D eigenvalue weighted by Gasteiger charge is 2.38. The number of guanidine groups is 1. The van der Waals surface area contributed by atoms with Gasteiger partial charge in [-0.05, 0) is 54.0 Å². The quantitative estimate of drug-likeness (QED) is 0.239. The number of aliphatic carboxylic acids is 1. The van der Waals surface area contributed by atoms with E-state index in [9.17, 15) is 22.8 Å². The number of hydrogen-bond acceptors (Lipinski definition) is 6. The highest BCUT2D eigenvalue weighted by molar-refractivity contribution is 5.98. The zero-order valence-corrected chi connectivity index (χ0v) is 24.8. The molecule has 1 saturated carbocycles. The Morgan fingerprint density at radius 3 is 2.32 bits per heavy atom. The van der Waals surface area contributed by atoms with Gasteiger partial charge in [-0.2, -0.15) is 13.2 Å². The third-order valence-electron chi connectivity index (χ3n) is 7.65. The molecule has 2 aliphatic rings. The smallest absolute Gasteiger partial charge is 0.490 e. The fourth-order valence-electron chi connectivity index (χ4n) is 5.50. The van der Waals surface area contributed by atoms with Gasteiger partial charge in [0, 0.05) is 0 Å². The minimum atomic E-state index is -5.08. The number of carbonyl (C=O) groups is 3. The molecule has 0 aliphatic heterocycles. The van der Waals surface area contributed by atoms with Crippen molar-refractivity contribution in [3.63, 3.8) is 0 Å². The number of methoxy groups -OCH3 is 2. The molecule has 4 rings (SSSR count). The van der Waals surface area contributed by atoms with Crippen LogP contribution in [0.2, 0.25) is 0 Å². The van der Waals surface area contributed by atoms with Crippen molar-refractivity contribution in [3.05, 3.63) is 59.2 Å². The first-order valence-electron chi connectivity index (χ1n) is 14.4. The van der Waals surface area contributed by atoms with Crippen molar-refractivity contribution >= 4 is 23.7 Å². The number of amides is 2. The van der Waals surface area contributed by atoms with E-state index in [0.717, 1.165) is 31.2 Å². The average Bonchev–Trinajstić information content (AvgIpc) is 3.39. The summed E-state index contributed by atoms with van der Waals surface area (Å²) < 4.78 is 42.3. The van der Waals surface area contributed by atoms with Gasteiger partial charge in [0.2, 0.25) is 11.8 Å². The lowest BCUT2D eigenvalue weighted by Gasteiger charge is -2.25. The molecule has 0 spiro atoms. The number of carboxylic acid groups (broad SMARTS) is 1. The molecule has 240 valence electrons. The summed E-state index contributed by atoms with van der Waals surface area (Å²) in [6, 6.07) is 12.9. The second-order valence-electron chi connectivity index (χ2n) is 10.8. The molecule has 0 heterocycles. The number of carboxylic acids is 1. The number of hydrogen-bond donors (Lipinski definition) is 4. The molecule has 44 heavy (non-hydrogen) atoms. The predicted octanol–water partition coefficient (Wildman–Crippen LogP) is 4.45. The highest BCUT2D eigenvalue weighted by atomic mass is 19.4. The number of rotatable bonds is 9. The van der Waals surface area contributed by atoms with E-state index >= 15 is 0 Å². The van der Waals surface area contributed by atoms with Crippen LogP contribution < -0.4 is 25.8 Å². The second kappa shape index (κ2) is 16.0. The van der Waals surface area contributed by atoms with E-state index in [1.807, 2.05) is 12.1 Å². The van der Waals surface area contributed by atoms with Crippen molar-refractivity contribution in [2.24, 2.45) is 16.6 Å². The Morgan fingerprint density at radius 1 is 1.02 bits per heavy atom. The number of nitrogens with zero attached hydrogens (tertiary/aromatic N) is 1. The molecule has 0 aromatic heterocycles. The van der Waals surface area contributed by atoms with Crippen LogP contribution in [0.15, 0.2) is 47.5 Å². The average molecular weight is 621 g/mol. The van der Waals surface area contributed by atoms with Crippen LogP contribution in [0, 0.1) is 5.92 Å². The Morgan fingerprint density at radius 2 is 1.68 bits per heavy atom. The summed E-state index contributed by atoms with van der Waals surface area (Å²) >= 11 is 0. The minimum absolute atomic E-state index is 0.0198. The maximum Gasteiger partial charge on any atom is 0.490 e. The van der Waals surface area contributed by atoms with Crippen LogP contribution in [0.25, 0.3) is 0 Å². The fraction of sp³-hybridized carbons (Fsp3) is 0.484. The van der Waals surface area contributed by atoms with E-state index in [1.165, 1.54) is 30.4 Å². The van der Waals surface area contributed by atoms with E-state index in [-0.39, 0.29) is 30.2 Å². The Kier molecular flexibility index (Phi) is 12.4. The summed E-state index contributed by atoms with van der Waals surface area (Å²) in [6.07, 6.45) is 3.25. The molecule has 2 aromatic carbocycles. The van der Waals surface area contributed by atoms with Gasteiger partial charge < -0.3 is 25.6 Å². The van der Waals surface area contributed by atoms with Crippen LogP contribution in [0.1, 0.15) is 67.7 Å². The van der Waals surface area contributed by atoms with Gasteiger partial charge in [-0.25, -0.2) is 9.79 Å². The summed E-state index contributed by atoms with van der Waals surface area (Å²) in [6.45, 7) is 0. The van der Waals surface area contributed by atoms with Gasteiger partial charge in [0.25, 0.3) is 0 Å². The van der Waals surface area contributed by atoms with Gasteiger partial charge in [0.05, 0.1) is 26.7 Å². The molecular formula is C31H39F3N4O6. The summed E-state index contributed by atoms with van der Waals surface area (Å²) in [5.74, 6) is -1.67. The summed E-state index contributed by atoms with van der Waals surface area (Å²) in [4.78, 5) is 39.5. The minimum Gasteiger partial charge on any atom is -0.493 e. The molecular weight excluding hydrogens is 581 g/mol. The lowest BCUT2D eigenvalue weighted by atomic mass is 9.84. The third kappa shape index (κ3) is 10.2. The monoisotopic (exact) mass is 620 g/mol. The van der Waals surface area contributed by atoms with Gasteiger partial charge in [-0.3, -0.25) is 14.9 Å². The molecule has 0 saturated heterocycles. The van der Waals surface area contributed by atoms with Crippen LogP contribution in [0.4, 0.5) is 13.2 Å². The maximum absolute atomic E-state index is 13.4. The first-order chi connectivity index (χ1) is 20.9. The Balaban J connectivity index is 0.000000676. The Labute approximate surface area is 254 Å². The fourth-order valence-corrected chi connectivity index (χ4v) is 5.50. The van der Waals surface area contributed by atoms with E-state index in [0.29, 0.717) is 23.8 Å². The molecule has 5 N–H and O–H groups in total. The number of nitrogens with one attached hydrogen (secondary N) is 2. The first-order valence-corrected chi connectivity index (χ1v) is 14.4. The molecule has 2 aromatic rings. The second-order valence-corrected chi connectivity index (χ2v) is 10.8. The van der Waals surface area contributed by atoms with Gasteiger partial charge >= 0.3 is 12.1 Å². The van der Waals surface area contributed by atoms with Crippen LogP contribution in [0.3, 0.4) is 0 Å². The van der Waals surface area contributed by atoms with Crippen LogP contribution in [0.5, 0.6) is 11.5 Å². The SMILES string of the molecule is COc1ccc(CC(=O)NC(N)=N[C@H](CC2CCCCC2)C(=O)N[C@@H]2CCc3ccccc32)cc1OC.O=C(O)C(F)(F)F. The number of halogens is 3. The van der Waals surface area contributed by atoms with Crippen molar-refractivity contribution in [2.75, 3.05) is 14.2 Å². The van der Waals surface area contributed by atoms with Crippen LogP contribution in [-0.2, 0) is 27.2 Å². The Bertz CT molecular complexity index is 1330. The number of aliphatic imine (C=N–C) groups is 1. The van der Waals surface area contributed by atoms with E-state index in [1.54, 1.807) is 32.4 Å². The standard InChI is InChI=1S/C29H38N4O4.C2HF3O2/c1-36-25-15-12-20(17-26(25)37-2)18-27(34)33-29(30)32-24(16-19-8-4-3-5-9-19)28(35)31-23-14-13-21-10-6-7-11-22(21)23;3-2(4,5)1(6)7/h6-7,10-12,15,17,19,23-24H,3-5,8-9,13-14,16,18H2,1-2H3,(H,31,35)(H3,30,32,33,34);(H,6,7)/t23-,24-;/m1./s1. The summed E-state index contributed by atoms with van der Waals surface area (Å²) in [7, 11) is 3.11. The van der Waals surface area contributed by atoms with E-state index < -0.39 is 18.2 Å². The van der Waals surface area contributed by atoms with Crippen molar-refractivity contribution in [1.29, 1.82) is 0 Å². The van der Waals surface area contributed by atoms with Crippen molar-refractivity contribution < 1.29 is 42.1 Å². The largest absolute Gasteiger partial charge is 0.493 e.